The van der Waals surface area contributed by atoms with Gasteiger partial charge in [-0.3, -0.25) is 14.2 Å². The first-order valence-electron chi connectivity index (χ1n) is 6.62. The van der Waals surface area contributed by atoms with Crippen molar-refractivity contribution < 1.29 is 4.79 Å². The largest absolute Gasteiger partial charge is 0.351 e. The molecular weight excluding hydrogens is 278 g/mol. The van der Waals surface area contributed by atoms with Crippen molar-refractivity contribution in [2.45, 2.75) is 33.4 Å². The van der Waals surface area contributed by atoms with Crippen LogP contribution in [0, 0.1) is 6.92 Å². The van der Waals surface area contributed by atoms with Crippen molar-refractivity contribution in [1.82, 2.24) is 24.9 Å². The van der Waals surface area contributed by atoms with Gasteiger partial charge in [-0.2, -0.15) is 10.2 Å². The van der Waals surface area contributed by atoms with Crippen LogP contribution in [-0.4, -0.2) is 32.0 Å². The first kappa shape index (κ1) is 14.6. The Morgan fingerprint density at radius 1 is 1.50 bits per heavy atom. The van der Waals surface area contributed by atoms with Crippen LogP contribution in [0.4, 0.5) is 0 Å². The zero-order chi connectivity index (χ0) is 14.5. The van der Waals surface area contributed by atoms with Gasteiger partial charge in [-0.15, -0.1) is 0 Å². The Morgan fingerprint density at radius 2 is 2.30 bits per heavy atom. The van der Waals surface area contributed by atoms with Gasteiger partial charge in [-0.25, -0.2) is 0 Å². The summed E-state index contributed by atoms with van der Waals surface area (Å²) >= 11 is 6.12. The number of halogens is 1. The lowest BCUT2D eigenvalue weighted by molar-refractivity contribution is 0.0942. The van der Waals surface area contributed by atoms with Crippen molar-refractivity contribution in [3.63, 3.8) is 0 Å². The molecule has 2 rings (SSSR count). The van der Waals surface area contributed by atoms with Gasteiger partial charge in [0.25, 0.3) is 5.91 Å². The van der Waals surface area contributed by atoms with Crippen LogP contribution in [0.3, 0.4) is 0 Å². The molecule has 1 N–H and O–H groups in total. The predicted molar refractivity (Wildman–Crippen MR) is 76.8 cm³/mol. The number of hydrogen-bond acceptors (Lipinski definition) is 3. The van der Waals surface area contributed by atoms with E-state index in [1.807, 2.05) is 23.9 Å². The molecule has 6 nitrogen and oxygen atoms in total. The molecule has 0 aliphatic rings. The van der Waals surface area contributed by atoms with E-state index >= 15 is 0 Å². The van der Waals surface area contributed by atoms with Gasteiger partial charge in [0.2, 0.25) is 0 Å². The molecule has 0 bridgehead atoms. The molecule has 0 atom stereocenters. The minimum Gasteiger partial charge on any atom is -0.351 e. The molecule has 108 valence electrons. The lowest BCUT2D eigenvalue weighted by atomic mass is 10.3. The van der Waals surface area contributed by atoms with Gasteiger partial charge in [0.05, 0.1) is 10.7 Å². The molecule has 0 aliphatic heterocycles. The average molecular weight is 296 g/mol. The fourth-order valence-corrected chi connectivity index (χ4v) is 2.19. The molecule has 0 saturated carbocycles. The van der Waals surface area contributed by atoms with Gasteiger partial charge in [0.15, 0.2) is 0 Å². The van der Waals surface area contributed by atoms with Crippen LogP contribution in [0.25, 0.3) is 0 Å². The Labute approximate surface area is 122 Å². The standard InChI is InChI=1S/C13H18ClN5O/c1-3-19-12(11(14)10(2)17-19)13(20)15-6-4-8-18-9-5-7-16-18/h5,7,9H,3-4,6,8H2,1-2H3,(H,15,20). The number of aryl methyl sites for hydroxylation is 3. The Morgan fingerprint density at radius 3 is 2.95 bits per heavy atom. The molecule has 0 aliphatic carbocycles. The molecule has 0 unspecified atom stereocenters. The second kappa shape index (κ2) is 6.56. The highest BCUT2D eigenvalue weighted by atomic mass is 35.5. The molecule has 0 aromatic carbocycles. The summed E-state index contributed by atoms with van der Waals surface area (Å²) in [6, 6.07) is 1.88. The molecule has 7 heteroatoms. The molecule has 0 saturated heterocycles. The van der Waals surface area contributed by atoms with E-state index in [4.69, 9.17) is 11.6 Å². The van der Waals surface area contributed by atoms with Crippen LogP contribution in [0.1, 0.15) is 29.5 Å². The number of amides is 1. The van der Waals surface area contributed by atoms with E-state index in [1.54, 1.807) is 17.8 Å². The Bertz CT molecular complexity index is 576. The summed E-state index contributed by atoms with van der Waals surface area (Å²) in [5.41, 5.74) is 1.11. The monoisotopic (exact) mass is 295 g/mol. The van der Waals surface area contributed by atoms with Crippen LogP contribution in [0.2, 0.25) is 5.02 Å². The van der Waals surface area contributed by atoms with Gasteiger partial charge >= 0.3 is 0 Å². The fourth-order valence-electron chi connectivity index (χ4n) is 1.96. The van der Waals surface area contributed by atoms with Gasteiger partial charge < -0.3 is 5.32 Å². The van der Waals surface area contributed by atoms with E-state index in [1.165, 1.54) is 0 Å². The quantitative estimate of drug-likeness (QED) is 0.828. The third kappa shape index (κ3) is 3.19. The zero-order valence-corrected chi connectivity index (χ0v) is 12.4. The minimum atomic E-state index is -0.182. The SMILES string of the molecule is CCn1nc(C)c(Cl)c1C(=O)NCCCn1cccn1. The molecule has 1 amide bonds. The van der Waals surface area contributed by atoms with Crippen molar-refractivity contribution in [1.29, 1.82) is 0 Å². The predicted octanol–water partition coefficient (Wildman–Crippen LogP) is 1.88. The maximum absolute atomic E-state index is 12.1. The Balaban J connectivity index is 1.88. The number of nitrogens with one attached hydrogen (secondary N) is 1. The van der Waals surface area contributed by atoms with Crippen LogP contribution >= 0.6 is 11.6 Å². The second-order valence-corrected chi connectivity index (χ2v) is 4.82. The maximum atomic E-state index is 12.1. The number of carbonyl (C=O) groups excluding carboxylic acids is 1. The number of nitrogens with zero attached hydrogens (tertiary/aromatic N) is 4. The summed E-state index contributed by atoms with van der Waals surface area (Å²) in [5.74, 6) is -0.182. The Kier molecular flexibility index (Phi) is 4.79. The zero-order valence-electron chi connectivity index (χ0n) is 11.6. The highest BCUT2D eigenvalue weighted by Crippen LogP contribution is 2.19. The van der Waals surface area contributed by atoms with E-state index in [0.717, 1.165) is 13.0 Å². The maximum Gasteiger partial charge on any atom is 0.271 e. The van der Waals surface area contributed by atoms with E-state index in [2.05, 4.69) is 15.5 Å². The molecule has 2 aromatic heterocycles. The lowest BCUT2D eigenvalue weighted by Crippen LogP contribution is -2.28. The van der Waals surface area contributed by atoms with E-state index in [-0.39, 0.29) is 5.91 Å². The molecule has 2 heterocycles. The van der Waals surface area contributed by atoms with Crippen LogP contribution in [0.15, 0.2) is 18.5 Å². The van der Waals surface area contributed by atoms with Gasteiger partial charge in [0.1, 0.15) is 5.69 Å². The highest BCUT2D eigenvalue weighted by Gasteiger charge is 2.19. The third-order valence-electron chi connectivity index (χ3n) is 2.98. The summed E-state index contributed by atoms with van der Waals surface area (Å²) in [5, 5.41) is 11.6. The summed E-state index contributed by atoms with van der Waals surface area (Å²) < 4.78 is 3.46. The van der Waals surface area contributed by atoms with Gasteiger partial charge in [-0.1, -0.05) is 11.6 Å². The Hall–Kier alpha value is -1.82. The van der Waals surface area contributed by atoms with E-state index < -0.39 is 0 Å². The first-order chi connectivity index (χ1) is 9.63. The third-order valence-corrected chi connectivity index (χ3v) is 3.43. The molecule has 0 spiro atoms. The topological polar surface area (TPSA) is 64.7 Å². The second-order valence-electron chi connectivity index (χ2n) is 4.44. The molecule has 20 heavy (non-hydrogen) atoms. The minimum absolute atomic E-state index is 0.182. The van der Waals surface area contributed by atoms with Crippen LogP contribution in [-0.2, 0) is 13.1 Å². The molecular formula is C13H18ClN5O. The summed E-state index contributed by atoms with van der Waals surface area (Å²) in [7, 11) is 0. The summed E-state index contributed by atoms with van der Waals surface area (Å²) in [6.07, 6.45) is 4.44. The molecule has 0 radical (unpaired) electrons. The van der Waals surface area contributed by atoms with Crippen molar-refractivity contribution in [2.24, 2.45) is 0 Å². The molecule has 0 fully saturated rings. The number of aromatic nitrogens is 4. The summed E-state index contributed by atoms with van der Waals surface area (Å²) in [6.45, 7) is 5.68. The van der Waals surface area contributed by atoms with Crippen molar-refractivity contribution in [3.05, 3.63) is 34.9 Å². The van der Waals surface area contributed by atoms with E-state index in [9.17, 15) is 4.79 Å². The van der Waals surface area contributed by atoms with E-state index in [0.29, 0.717) is 29.5 Å². The highest BCUT2D eigenvalue weighted by molar-refractivity contribution is 6.34. The normalized spacial score (nSPS) is 10.8. The van der Waals surface area contributed by atoms with Crippen LogP contribution in [0.5, 0.6) is 0 Å². The average Bonchev–Trinajstić information content (AvgIpc) is 3.04. The number of hydrogen-bond donors (Lipinski definition) is 1. The van der Waals surface area contributed by atoms with Gasteiger partial charge in [0, 0.05) is 32.0 Å². The van der Waals surface area contributed by atoms with Crippen LogP contribution < -0.4 is 5.32 Å². The van der Waals surface area contributed by atoms with Crippen molar-refractivity contribution in [2.75, 3.05) is 6.54 Å². The smallest absolute Gasteiger partial charge is 0.271 e. The van der Waals surface area contributed by atoms with Gasteiger partial charge in [-0.05, 0) is 26.3 Å². The fraction of sp³-hybridized carbons (Fsp3) is 0.462. The number of rotatable bonds is 6. The first-order valence-corrected chi connectivity index (χ1v) is 6.99. The van der Waals surface area contributed by atoms with Crippen molar-refractivity contribution >= 4 is 17.5 Å². The molecule has 2 aromatic rings. The van der Waals surface area contributed by atoms with Crippen molar-refractivity contribution in [3.8, 4) is 0 Å². The lowest BCUT2D eigenvalue weighted by Gasteiger charge is -2.07. The summed E-state index contributed by atoms with van der Waals surface area (Å²) in [4.78, 5) is 12.1. The number of carbonyl (C=O) groups is 1.